The molecule has 2 N–H and O–H groups in total. The first-order valence-corrected chi connectivity index (χ1v) is 10.1. The summed E-state index contributed by atoms with van der Waals surface area (Å²) in [6, 6.07) is 4.42. The quantitative estimate of drug-likeness (QED) is 0.632. The number of fused-ring (bicyclic) bond motifs is 1. The molecule has 0 saturated heterocycles. The van der Waals surface area contributed by atoms with Crippen LogP contribution in [0.1, 0.15) is 25.1 Å². The third-order valence-electron chi connectivity index (χ3n) is 4.50. The van der Waals surface area contributed by atoms with Crippen molar-refractivity contribution in [2.45, 2.75) is 37.1 Å². The summed E-state index contributed by atoms with van der Waals surface area (Å²) in [5, 5.41) is 8.23. The van der Waals surface area contributed by atoms with Gasteiger partial charge in [-0.25, -0.2) is 8.42 Å². The monoisotopic (exact) mass is 428 g/mol. The minimum atomic E-state index is -4.57. The standard InChI is InChI=1S/C18H19F3N4O3S/c1-9(2)29(26,27)15-7-11-12(5-6-22-13(11)8-14(15)28-4)23-17-10(3)16(24-25-17)18(19,20)21/h5-9H,1-4H3,(H2,22,23,24,25). The van der Waals surface area contributed by atoms with Gasteiger partial charge in [-0.2, -0.15) is 18.3 Å². The second kappa shape index (κ2) is 7.21. The highest BCUT2D eigenvalue weighted by Gasteiger charge is 2.36. The van der Waals surface area contributed by atoms with Crippen LogP contribution in [0.25, 0.3) is 10.9 Å². The number of methoxy groups -OCH3 is 1. The first-order valence-electron chi connectivity index (χ1n) is 8.56. The lowest BCUT2D eigenvalue weighted by Crippen LogP contribution is -2.15. The van der Waals surface area contributed by atoms with E-state index in [2.05, 4.69) is 15.4 Å². The van der Waals surface area contributed by atoms with Gasteiger partial charge in [-0.15, -0.1) is 0 Å². The summed E-state index contributed by atoms with van der Waals surface area (Å²) in [5.41, 5.74) is -0.283. The van der Waals surface area contributed by atoms with Gasteiger partial charge in [0, 0.05) is 23.2 Å². The Morgan fingerprint density at radius 3 is 2.48 bits per heavy atom. The van der Waals surface area contributed by atoms with E-state index in [4.69, 9.17) is 4.74 Å². The Labute approximate surface area is 165 Å². The van der Waals surface area contributed by atoms with Gasteiger partial charge in [-0.1, -0.05) is 0 Å². The fourth-order valence-corrected chi connectivity index (χ4v) is 4.03. The van der Waals surface area contributed by atoms with Gasteiger partial charge in [0.2, 0.25) is 0 Å². The second-order valence-corrected chi connectivity index (χ2v) is 9.14. The molecule has 3 rings (SSSR count). The van der Waals surface area contributed by atoms with Crippen molar-refractivity contribution >= 4 is 32.2 Å². The first-order chi connectivity index (χ1) is 13.5. The van der Waals surface area contributed by atoms with E-state index in [1.165, 1.54) is 38.4 Å². The first kappa shape index (κ1) is 20.9. The number of halogens is 3. The molecule has 0 amide bonds. The van der Waals surface area contributed by atoms with Crippen LogP contribution in [-0.4, -0.2) is 36.0 Å². The van der Waals surface area contributed by atoms with Gasteiger partial charge < -0.3 is 10.1 Å². The van der Waals surface area contributed by atoms with Crippen molar-refractivity contribution in [2.24, 2.45) is 0 Å². The maximum Gasteiger partial charge on any atom is 0.433 e. The molecule has 7 nitrogen and oxygen atoms in total. The lowest BCUT2D eigenvalue weighted by molar-refractivity contribution is -0.141. The Bertz CT molecular complexity index is 1170. The summed E-state index contributed by atoms with van der Waals surface area (Å²) in [5.74, 6) is 0.125. The van der Waals surface area contributed by atoms with Gasteiger partial charge >= 0.3 is 6.18 Å². The lowest BCUT2D eigenvalue weighted by Gasteiger charge is -2.15. The number of H-pyrrole nitrogens is 1. The predicted octanol–water partition coefficient (Wildman–Crippen LogP) is 4.22. The van der Waals surface area contributed by atoms with E-state index in [1.807, 2.05) is 5.10 Å². The number of nitrogens with zero attached hydrogens (tertiary/aromatic N) is 2. The number of sulfone groups is 1. The molecular weight excluding hydrogens is 409 g/mol. The number of anilines is 2. The molecule has 2 heterocycles. The van der Waals surface area contributed by atoms with Crippen LogP contribution in [0.2, 0.25) is 0 Å². The molecule has 0 atom stereocenters. The van der Waals surface area contributed by atoms with Crippen molar-refractivity contribution in [3.05, 3.63) is 35.7 Å². The van der Waals surface area contributed by atoms with Gasteiger partial charge in [0.05, 0.1) is 23.6 Å². The van der Waals surface area contributed by atoms with Gasteiger partial charge in [0.1, 0.15) is 16.3 Å². The number of alkyl halides is 3. The van der Waals surface area contributed by atoms with Gasteiger partial charge in [0.25, 0.3) is 0 Å². The van der Waals surface area contributed by atoms with E-state index in [-0.39, 0.29) is 22.0 Å². The van der Waals surface area contributed by atoms with Crippen LogP contribution in [0.5, 0.6) is 5.75 Å². The fourth-order valence-electron chi connectivity index (χ4n) is 2.82. The van der Waals surface area contributed by atoms with E-state index in [1.54, 1.807) is 13.8 Å². The maximum absolute atomic E-state index is 13.0. The molecular formula is C18H19F3N4O3S. The molecule has 1 aromatic carbocycles. The fraction of sp³-hybridized carbons (Fsp3) is 0.333. The van der Waals surface area contributed by atoms with Crippen molar-refractivity contribution in [3.8, 4) is 5.75 Å². The summed E-state index contributed by atoms with van der Waals surface area (Å²) in [7, 11) is -2.32. The Balaban J connectivity index is 2.17. The number of hydrogen-bond donors (Lipinski definition) is 2. The zero-order chi connectivity index (χ0) is 21.6. The number of aromatic amines is 1. The molecule has 0 bridgehead atoms. The largest absolute Gasteiger partial charge is 0.495 e. The average molecular weight is 428 g/mol. The van der Waals surface area contributed by atoms with Gasteiger partial charge in [0.15, 0.2) is 15.7 Å². The third kappa shape index (κ3) is 3.74. The van der Waals surface area contributed by atoms with Crippen LogP contribution in [0.4, 0.5) is 24.7 Å². The molecule has 3 aromatic rings. The number of nitrogens with one attached hydrogen (secondary N) is 2. The van der Waals surface area contributed by atoms with Crippen molar-refractivity contribution in [1.82, 2.24) is 15.2 Å². The molecule has 0 saturated carbocycles. The molecule has 2 aromatic heterocycles. The Morgan fingerprint density at radius 1 is 1.24 bits per heavy atom. The molecule has 0 aliphatic rings. The number of benzene rings is 1. The summed E-state index contributed by atoms with van der Waals surface area (Å²) in [6.07, 6.45) is -3.11. The highest BCUT2D eigenvalue weighted by molar-refractivity contribution is 7.92. The second-order valence-electron chi connectivity index (χ2n) is 6.67. The molecule has 29 heavy (non-hydrogen) atoms. The van der Waals surface area contributed by atoms with E-state index in [0.29, 0.717) is 16.6 Å². The minimum Gasteiger partial charge on any atom is -0.495 e. The number of rotatable bonds is 5. The molecule has 0 unspecified atom stereocenters. The van der Waals surface area contributed by atoms with Crippen molar-refractivity contribution in [2.75, 3.05) is 12.4 Å². The van der Waals surface area contributed by atoms with E-state index in [0.717, 1.165) is 0 Å². The normalized spacial score (nSPS) is 12.6. The van der Waals surface area contributed by atoms with Gasteiger partial charge in [-0.3, -0.25) is 10.1 Å². The van der Waals surface area contributed by atoms with Crippen LogP contribution >= 0.6 is 0 Å². The highest BCUT2D eigenvalue weighted by atomic mass is 32.2. The van der Waals surface area contributed by atoms with Crippen LogP contribution in [-0.2, 0) is 16.0 Å². The number of ether oxygens (including phenoxy) is 1. The highest BCUT2D eigenvalue weighted by Crippen LogP contribution is 2.37. The summed E-state index contributed by atoms with van der Waals surface area (Å²) in [4.78, 5) is 4.18. The minimum absolute atomic E-state index is 0.0195. The molecule has 156 valence electrons. The smallest absolute Gasteiger partial charge is 0.433 e. The average Bonchev–Trinajstić information content (AvgIpc) is 3.01. The maximum atomic E-state index is 13.0. The van der Waals surface area contributed by atoms with Crippen LogP contribution in [0, 0.1) is 6.92 Å². The van der Waals surface area contributed by atoms with Crippen LogP contribution in [0.3, 0.4) is 0 Å². The molecule has 11 heteroatoms. The molecule has 0 radical (unpaired) electrons. The molecule has 0 spiro atoms. The molecule has 0 fully saturated rings. The zero-order valence-electron chi connectivity index (χ0n) is 16.0. The Morgan fingerprint density at radius 2 is 1.93 bits per heavy atom. The van der Waals surface area contributed by atoms with Crippen LogP contribution < -0.4 is 10.1 Å². The van der Waals surface area contributed by atoms with Gasteiger partial charge in [-0.05, 0) is 32.9 Å². The topological polar surface area (TPSA) is 97.0 Å². The Hall–Kier alpha value is -2.82. The van der Waals surface area contributed by atoms with Crippen molar-refractivity contribution in [1.29, 1.82) is 0 Å². The van der Waals surface area contributed by atoms with E-state index >= 15 is 0 Å². The summed E-state index contributed by atoms with van der Waals surface area (Å²) >= 11 is 0. The molecule has 0 aliphatic heterocycles. The van der Waals surface area contributed by atoms with E-state index < -0.39 is 27.0 Å². The van der Waals surface area contributed by atoms with Crippen LogP contribution in [0.15, 0.2) is 29.3 Å². The van der Waals surface area contributed by atoms with Crippen molar-refractivity contribution < 1.29 is 26.3 Å². The molecule has 0 aliphatic carbocycles. The summed E-state index contributed by atoms with van der Waals surface area (Å²) < 4.78 is 69.7. The number of pyridine rings is 1. The van der Waals surface area contributed by atoms with Crippen molar-refractivity contribution in [3.63, 3.8) is 0 Å². The summed E-state index contributed by atoms with van der Waals surface area (Å²) in [6.45, 7) is 4.38. The Kier molecular flexibility index (Phi) is 5.20. The lowest BCUT2D eigenvalue weighted by atomic mass is 10.1. The van der Waals surface area contributed by atoms with E-state index in [9.17, 15) is 21.6 Å². The number of hydrogen-bond acceptors (Lipinski definition) is 6. The zero-order valence-corrected chi connectivity index (χ0v) is 16.9. The predicted molar refractivity (Wildman–Crippen MR) is 102 cm³/mol. The SMILES string of the molecule is COc1cc2nccc(Nc3n[nH]c(C(F)(F)F)c3C)c2cc1S(=O)(=O)C(C)C. The number of aromatic nitrogens is 3. The third-order valence-corrected chi connectivity index (χ3v) is 6.67.